The van der Waals surface area contributed by atoms with E-state index in [1.54, 1.807) is 23.3 Å². The van der Waals surface area contributed by atoms with Crippen molar-refractivity contribution in [3.8, 4) is 5.75 Å². The Labute approximate surface area is 131 Å². The number of nitrogens with zero attached hydrogens (tertiary/aromatic N) is 3. The highest BCUT2D eigenvalue weighted by atomic mass is 16.5. The molecule has 22 heavy (non-hydrogen) atoms. The van der Waals surface area contributed by atoms with Crippen molar-refractivity contribution in [2.75, 3.05) is 6.61 Å². The molecule has 118 valence electrons. The van der Waals surface area contributed by atoms with E-state index in [0.29, 0.717) is 6.61 Å². The summed E-state index contributed by atoms with van der Waals surface area (Å²) in [6.07, 6.45) is 6.56. The van der Waals surface area contributed by atoms with Crippen LogP contribution >= 0.6 is 0 Å². The topological polar surface area (TPSA) is 56.5 Å². The van der Waals surface area contributed by atoms with Gasteiger partial charge < -0.3 is 9.30 Å². The van der Waals surface area contributed by atoms with Gasteiger partial charge in [0.2, 0.25) is 0 Å². The molecular weight excluding hydrogens is 278 g/mol. The number of rotatable bonds is 8. The number of imidazole rings is 1. The standard InChI is InChI=1S/C17H23N3O2/c1-4-5-10-22-14-6-7-15(16(11-14)13(2)3)17(19-21)20-9-8-18-12-20/h6-9,11-13,17H,4-5,10H2,1-3H3. The van der Waals surface area contributed by atoms with E-state index in [1.807, 2.05) is 18.2 Å². The molecule has 1 aromatic heterocycles. The Morgan fingerprint density at radius 2 is 2.14 bits per heavy atom. The van der Waals surface area contributed by atoms with Crippen LogP contribution in [-0.2, 0) is 0 Å². The van der Waals surface area contributed by atoms with Crippen LogP contribution in [0.25, 0.3) is 0 Å². The average Bonchev–Trinajstić information content (AvgIpc) is 3.03. The number of aromatic nitrogens is 2. The highest BCUT2D eigenvalue weighted by Gasteiger charge is 2.19. The van der Waals surface area contributed by atoms with Crippen molar-refractivity contribution >= 4 is 0 Å². The van der Waals surface area contributed by atoms with Crippen LogP contribution in [0.2, 0.25) is 0 Å². The maximum atomic E-state index is 11.3. The summed E-state index contributed by atoms with van der Waals surface area (Å²) in [4.78, 5) is 15.3. The first-order valence-electron chi connectivity index (χ1n) is 7.74. The van der Waals surface area contributed by atoms with Gasteiger partial charge in [0, 0.05) is 18.0 Å². The quantitative estimate of drug-likeness (QED) is 0.533. The molecule has 1 aromatic carbocycles. The van der Waals surface area contributed by atoms with Crippen LogP contribution in [-0.4, -0.2) is 16.2 Å². The lowest BCUT2D eigenvalue weighted by molar-refractivity contribution is 0.309. The highest BCUT2D eigenvalue weighted by molar-refractivity contribution is 5.39. The summed E-state index contributed by atoms with van der Waals surface area (Å²) in [5.41, 5.74) is 1.97. The number of unbranched alkanes of at least 4 members (excludes halogenated alkanes) is 1. The van der Waals surface area contributed by atoms with E-state index >= 15 is 0 Å². The number of benzene rings is 1. The van der Waals surface area contributed by atoms with Gasteiger partial charge >= 0.3 is 0 Å². The molecule has 0 spiro atoms. The molecule has 5 heteroatoms. The minimum absolute atomic E-state index is 0.275. The Hall–Kier alpha value is -2.17. The zero-order valence-electron chi connectivity index (χ0n) is 13.4. The van der Waals surface area contributed by atoms with Crippen molar-refractivity contribution in [1.29, 1.82) is 0 Å². The second-order valence-corrected chi connectivity index (χ2v) is 5.64. The van der Waals surface area contributed by atoms with Gasteiger partial charge in [-0.25, -0.2) is 4.98 Å². The minimum Gasteiger partial charge on any atom is -0.494 e. The van der Waals surface area contributed by atoms with Gasteiger partial charge in [-0.3, -0.25) is 0 Å². The first kappa shape index (κ1) is 16.2. The molecule has 0 saturated heterocycles. The van der Waals surface area contributed by atoms with Crippen LogP contribution in [0.15, 0.2) is 42.1 Å². The van der Waals surface area contributed by atoms with Crippen molar-refractivity contribution in [2.24, 2.45) is 5.18 Å². The molecule has 1 atom stereocenters. The fourth-order valence-corrected chi connectivity index (χ4v) is 2.40. The molecule has 2 aromatic rings. The normalized spacial score (nSPS) is 12.4. The summed E-state index contributed by atoms with van der Waals surface area (Å²) in [6, 6.07) is 5.86. The predicted octanol–water partition coefficient (Wildman–Crippen LogP) is 4.50. The largest absolute Gasteiger partial charge is 0.494 e. The number of nitroso groups, excluding NO2 is 1. The molecule has 2 rings (SSSR count). The zero-order chi connectivity index (χ0) is 15.9. The molecule has 0 aliphatic carbocycles. The van der Waals surface area contributed by atoms with Gasteiger partial charge in [0.25, 0.3) is 0 Å². The molecule has 0 saturated carbocycles. The average molecular weight is 301 g/mol. The minimum atomic E-state index is -0.593. The summed E-state index contributed by atoms with van der Waals surface area (Å²) < 4.78 is 7.48. The molecular formula is C17H23N3O2. The predicted molar refractivity (Wildman–Crippen MR) is 87.1 cm³/mol. The van der Waals surface area contributed by atoms with Gasteiger partial charge in [-0.05, 0) is 35.2 Å². The van der Waals surface area contributed by atoms with E-state index in [9.17, 15) is 4.91 Å². The van der Waals surface area contributed by atoms with E-state index < -0.39 is 6.17 Å². The van der Waals surface area contributed by atoms with Gasteiger partial charge in [-0.15, -0.1) is 4.91 Å². The molecule has 0 aliphatic heterocycles. The first-order chi connectivity index (χ1) is 10.7. The number of hydrogen-bond acceptors (Lipinski definition) is 4. The van der Waals surface area contributed by atoms with Gasteiger partial charge in [-0.2, -0.15) is 0 Å². The van der Waals surface area contributed by atoms with E-state index in [2.05, 4.69) is 30.9 Å². The van der Waals surface area contributed by atoms with Crippen molar-refractivity contribution in [2.45, 2.75) is 45.7 Å². The summed E-state index contributed by atoms with van der Waals surface area (Å²) in [6.45, 7) is 7.05. The summed E-state index contributed by atoms with van der Waals surface area (Å²) in [7, 11) is 0. The van der Waals surface area contributed by atoms with Gasteiger partial charge in [-0.1, -0.05) is 33.3 Å². The molecule has 0 aliphatic rings. The van der Waals surface area contributed by atoms with Crippen molar-refractivity contribution in [3.63, 3.8) is 0 Å². The molecule has 0 bridgehead atoms. The van der Waals surface area contributed by atoms with Crippen LogP contribution in [0.3, 0.4) is 0 Å². The summed E-state index contributed by atoms with van der Waals surface area (Å²) in [5, 5.41) is 3.28. The van der Waals surface area contributed by atoms with Crippen LogP contribution in [0.1, 0.15) is 56.8 Å². The number of ether oxygens (including phenoxy) is 1. The first-order valence-corrected chi connectivity index (χ1v) is 7.74. The maximum Gasteiger partial charge on any atom is 0.194 e. The fraction of sp³-hybridized carbons (Fsp3) is 0.471. The molecule has 0 N–H and O–H groups in total. The molecule has 1 heterocycles. The van der Waals surface area contributed by atoms with E-state index in [1.165, 1.54) is 0 Å². The third-order valence-electron chi connectivity index (χ3n) is 3.63. The lowest BCUT2D eigenvalue weighted by Crippen LogP contribution is -2.10. The van der Waals surface area contributed by atoms with E-state index in [-0.39, 0.29) is 5.92 Å². The highest BCUT2D eigenvalue weighted by Crippen LogP contribution is 2.31. The van der Waals surface area contributed by atoms with Crippen LogP contribution in [0.4, 0.5) is 0 Å². The van der Waals surface area contributed by atoms with Crippen molar-refractivity contribution in [1.82, 2.24) is 9.55 Å². The molecule has 1 unspecified atom stereocenters. The van der Waals surface area contributed by atoms with Crippen LogP contribution in [0.5, 0.6) is 5.75 Å². The summed E-state index contributed by atoms with van der Waals surface area (Å²) >= 11 is 0. The van der Waals surface area contributed by atoms with Crippen LogP contribution in [0, 0.1) is 4.91 Å². The van der Waals surface area contributed by atoms with Crippen molar-refractivity contribution < 1.29 is 4.74 Å². The van der Waals surface area contributed by atoms with Gasteiger partial charge in [0.05, 0.1) is 12.9 Å². The molecule has 0 radical (unpaired) electrons. The van der Waals surface area contributed by atoms with E-state index in [4.69, 9.17) is 4.74 Å². The maximum absolute atomic E-state index is 11.3. The van der Waals surface area contributed by atoms with Gasteiger partial charge in [0.15, 0.2) is 6.17 Å². The van der Waals surface area contributed by atoms with Crippen molar-refractivity contribution in [3.05, 3.63) is 53.0 Å². The number of hydrogen-bond donors (Lipinski definition) is 0. The fourth-order valence-electron chi connectivity index (χ4n) is 2.40. The SMILES string of the molecule is CCCCOc1ccc(C(N=O)n2ccnc2)c(C(C)C)c1. The summed E-state index contributed by atoms with van der Waals surface area (Å²) in [5.74, 6) is 1.12. The monoisotopic (exact) mass is 301 g/mol. The lowest BCUT2D eigenvalue weighted by Gasteiger charge is -2.19. The Balaban J connectivity index is 2.32. The third kappa shape index (κ3) is 3.72. The zero-order valence-corrected chi connectivity index (χ0v) is 13.4. The lowest BCUT2D eigenvalue weighted by atomic mass is 9.95. The second kappa shape index (κ2) is 7.73. The van der Waals surface area contributed by atoms with Crippen LogP contribution < -0.4 is 4.74 Å². The molecule has 5 nitrogen and oxygen atoms in total. The third-order valence-corrected chi connectivity index (χ3v) is 3.63. The molecule has 0 fully saturated rings. The Kier molecular flexibility index (Phi) is 5.69. The Bertz CT molecular complexity index is 594. The smallest absolute Gasteiger partial charge is 0.194 e. The van der Waals surface area contributed by atoms with Gasteiger partial charge in [0.1, 0.15) is 5.75 Å². The Morgan fingerprint density at radius 1 is 1.32 bits per heavy atom. The Morgan fingerprint density at radius 3 is 2.73 bits per heavy atom. The van der Waals surface area contributed by atoms with E-state index in [0.717, 1.165) is 29.7 Å². The molecule has 0 amide bonds. The second-order valence-electron chi connectivity index (χ2n) is 5.64.